The van der Waals surface area contributed by atoms with Gasteiger partial charge in [0.05, 0.1) is 0 Å². The molecule has 1 aromatic rings. The van der Waals surface area contributed by atoms with Gasteiger partial charge in [-0.3, -0.25) is 4.79 Å². The molecule has 0 aliphatic carbocycles. The summed E-state index contributed by atoms with van der Waals surface area (Å²) in [7, 11) is 0. The molecule has 4 heteroatoms. The second-order valence-electron chi connectivity index (χ2n) is 4.36. The molecule has 0 fully saturated rings. The fraction of sp³-hybridized carbons (Fsp3) is 0.500. The lowest BCUT2D eigenvalue weighted by atomic mass is 10.1. The number of rotatable bonds is 6. The fourth-order valence-corrected chi connectivity index (χ4v) is 2.05. The third-order valence-corrected chi connectivity index (χ3v) is 3.04. The smallest absolute Gasteiger partial charge is 0.251 e. The predicted molar refractivity (Wildman–Crippen MR) is 72.1 cm³/mol. The Kier molecular flexibility index (Phi) is 4.59. The van der Waals surface area contributed by atoms with Crippen molar-refractivity contribution >= 4 is 11.6 Å². The number of carbonyl (C=O) groups excluding carboxylic acids is 1. The monoisotopic (exact) mass is 248 g/mol. The lowest BCUT2D eigenvalue weighted by Crippen LogP contribution is -2.25. The van der Waals surface area contributed by atoms with E-state index in [1.165, 1.54) is 5.56 Å². The number of benzene rings is 1. The van der Waals surface area contributed by atoms with Crippen LogP contribution in [0.25, 0.3) is 0 Å². The Morgan fingerprint density at radius 1 is 1.50 bits per heavy atom. The lowest BCUT2D eigenvalue weighted by molar-refractivity contribution is 0.0944. The molecule has 0 unspecified atom stereocenters. The molecule has 0 aromatic heterocycles. The third kappa shape index (κ3) is 3.23. The SMILES string of the molecule is CCOCCCNC(=O)c1ccc2c(c1)NCC2. The molecule has 0 atom stereocenters. The summed E-state index contributed by atoms with van der Waals surface area (Å²) in [6.07, 6.45) is 1.90. The molecule has 1 heterocycles. The van der Waals surface area contributed by atoms with Gasteiger partial charge in [-0.15, -0.1) is 0 Å². The van der Waals surface area contributed by atoms with Gasteiger partial charge in [-0.25, -0.2) is 0 Å². The molecule has 0 saturated carbocycles. The van der Waals surface area contributed by atoms with Gasteiger partial charge < -0.3 is 15.4 Å². The van der Waals surface area contributed by atoms with Crippen molar-refractivity contribution in [3.05, 3.63) is 29.3 Å². The van der Waals surface area contributed by atoms with Gasteiger partial charge in [0.15, 0.2) is 0 Å². The molecule has 0 radical (unpaired) electrons. The van der Waals surface area contributed by atoms with Crippen LogP contribution in [-0.2, 0) is 11.2 Å². The van der Waals surface area contributed by atoms with Crippen LogP contribution in [0, 0.1) is 0 Å². The minimum Gasteiger partial charge on any atom is -0.384 e. The first kappa shape index (κ1) is 12.9. The first-order valence-corrected chi connectivity index (χ1v) is 6.54. The quantitative estimate of drug-likeness (QED) is 0.755. The van der Waals surface area contributed by atoms with Crippen molar-refractivity contribution < 1.29 is 9.53 Å². The molecule has 0 spiro atoms. The second-order valence-corrected chi connectivity index (χ2v) is 4.36. The maximum absolute atomic E-state index is 11.9. The molecule has 0 bridgehead atoms. The predicted octanol–water partition coefficient (Wildman–Crippen LogP) is 1.81. The highest BCUT2D eigenvalue weighted by molar-refractivity contribution is 5.95. The van der Waals surface area contributed by atoms with E-state index >= 15 is 0 Å². The number of fused-ring (bicyclic) bond motifs is 1. The topological polar surface area (TPSA) is 50.4 Å². The van der Waals surface area contributed by atoms with Crippen LogP contribution in [0.5, 0.6) is 0 Å². The summed E-state index contributed by atoms with van der Waals surface area (Å²) in [5.41, 5.74) is 3.11. The minimum atomic E-state index is -0.0111. The van der Waals surface area contributed by atoms with Crippen LogP contribution in [0.15, 0.2) is 18.2 Å². The highest BCUT2D eigenvalue weighted by Gasteiger charge is 2.12. The molecule has 18 heavy (non-hydrogen) atoms. The number of hydrogen-bond donors (Lipinski definition) is 2. The lowest BCUT2D eigenvalue weighted by Gasteiger charge is -2.07. The molecule has 98 valence electrons. The van der Waals surface area contributed by atoms with E-state index in [-0.39, 0.29) is 5.91 Å². The zero-order chi connectivity index (χ0) is 12.8. The van der Waals surface area contributed by atoms with Crippen LogP contribution in [-0.4, -0.2) is 32.2 Å². The van der Waals surface area contributed by atoms with E-state index in [2.05, 4.69) is 10.6 Å². The first-order chi connectivity index (χ1) is 8.81. The summed E-state index contributed by atoms with van der Waals surface area (Å²) in [5, 5.41) is 6.18. The Hall–Kier alpha value is -1.55. The zero-order valence-electron chi connectivity index (χ0n) is 10.8. The first-order valence-electron chi connectivity index (χ1n) is 6.54. The Morgan fingerprint density at radius 3 is 3.22 bits per heavy atom. The minimum absolute atomic E-state index is 0.0111. The Morgan fingerprint density at radius 2 is 2.39 bits per heavy atom. The number of ether oxygens (including phenoxy) is 1. The van der Waals surface area contributed by atoms with E-state index < -0.39 is 0 Å². The van der Waals surface area contributed by atoms with Crippen LogP contribution >= 0.6 is 0 Å². The van der Waals surface area contributed by atoms with Gasteiger partial charge in [0, 0.05) is 37.6 Å². The normalized spacial score (nSPS) is 12.9. The summed E-state index contributed by atoms with van der Waals surface area (Å²) in [6.45, 7) is 5.02. The second kappa shape index (κ2) is 6.40. The maximum Gasteiger partial charge on any atom is 0.251 e. The molecule has 2 N–H and O–H groups in total. The molecule has 4 nitrogen and oxygen atoms in total. The average Bonchev–Trinajstić information content (AvgIpc) is 2.85. The molecule has 1 amide bonds. The molecule has 0 saturated heterocycles. The number of nitrogens with one attached hydrogen (secondary N) is 2. The van der Waals surface area contributed by atoms with Crippen LogP contribution in [0.1, 0.15) is 29.3 Å². The van der Waals surface area contributed by atoms with Crippen LogP contribution < -0.4 is 10.6 Å². The van der Waals surface area contributed by atoms with Crippen molar-refractivity contribution in [1.82, 2.24) is 5.32 Å². The molecule has 2 rings (SSSR count). The highest BCUT2D eigenvalue weighted by atomic mass is 16.5. The van der Waals surface area contributed by atoms with E-state index in [1.807, 2.05) is 25.1 Å². The van der Waals surface area contributed by atoms with Gasteiger partial charge in [0.2, 0.25) is 0 Å². The van der Waals surface area contributed by atoms with Crippen molar-refractivity contribution in [2.45, 2.75) is 19.8 Å². The number of hydrogen-bond acceptors (Lipinski definition) is 3. The van der Waals surface area contributed by atoms with Gasteiger partial charge in [-0.05, 0) is 37.5 Å². The fourth-order valence-electron chi connectivity index (χ4n) is 2.05. The van der Waals surface area contributed by atoms with Crippen molar-refractivity contribution in [2.75, 3.05) is 31.6 Å². The largest absolute Gasteiger partial charge is 0.384 e. The van der Waals surface area contributed by atoms with Gasteiger partial charge in [0.25, 0.3) is 5.91 Å². The summed E-state index contributed by atoms with van der Waals surface area (Å²) in [6, 6.07) is 5.86. The van der Waals surface area contributed by atoms with Gasteiger partial charge >= 0.3 is 0 Å². The number of carbonyl (C=O) groups is 1. The molecule has 1 aliphatic rings. The zero-order valence-corrected chi connectivity index (χ0v) is 10.8. The number of anilines is 1. The van der Waals surface area contributed by atoms with Gasteiger partial charge in [0.1, 0.15) is 0 Å². The van der Waals surface area contributed by atoms with E-state index in [4.69, 9.17) is 4.74 Å². The summed E-state index contributed by atoms with van der Waals surface area (Å²) >= 11 is 0. The summed E-state index contributed by atoms with van der Waals surface area (Å²) < 4.78 is 5.22. The molecule has 1 aliphatic heterocycles. The molecular weight excluding hydrogens is 228 g/mol. The maximum atomic E-state index is 11.9. The van der Waals surface area contributed by atoms with Gasteiger partial charge in [-0.1, -0.05) is 6.07 Å². The van der Waals surface area contributed by atoms with Crippen LogP contribution in [0.2, 0.25) is 0 Å². The molecular formula is C14H20N2O2. The molecule has 1 aromatic carbocycles. The van der Waals surface area contributed by atoms with Crippen LogP contribution in [0.4, 0.5) is 5.69 Å². The number of amides is 1. The summed E-state index contributed by atoms with van der Waals surface area (Å²) in [4.78, 5) is 11.9. The third-order valence-electron chi connectivity index (χ3n) is 3.04. The summed E-state index contributed by atoms with van der Waals surface area (Å²) in [5.74, 6) is -0.0111. The van der Waals surface area contributed by atoms with Crippen molar-refractivity contribution in [3.63, 3.8) is 0 Å². The Bertz CT molecular complexity index is 418. The highest BCUT2D eigenvalue weighted by Crippen LogP contribution is 2.22. The van der Waals surface area contributed by atoms with Crippen LogP contribution in [0.3, 0.4) is 0 Å². The Balaban J connectivity index is 1.82. The van der Waals surface area contributed by atoms with Gasteiger partial charge in [-0.2, -0.15) is 0 Å². The van der Waals surface area contributed by atoms with Crippen molar-refractivity contribution in [2.24, 2.45) is 0 Å². The van der Waals surface area contributed by atoms with Crippen molar-refractivity contribution in [1.29, 1.82) is 0 Å². The average molecular weight is 248 g/mol. The van der Waals surface area contributed by atoms with E-state index in [0.717, 1.165) is 37.2 Å². The standard InChI is InChI=1S/C14H20N2O2/c1-2-18-9-3-7-16-14(17)12-5-4-11-6-8-15-13(11)10-12/h4-5,10,15H,2-3,6-9H2,1H3,(H,16,17). The van der Waals surface area contributed by atoms with E-state index in [0.29, 0.717) is 13.2 Å². The van der Waals surface area contributed by atoms with E-state index in [1.54, 1.807) is 0 Å². The van der Waals surface area contributed by atoms with Crippen molar-refractivity contribution in [3.8, 4) is 0 Å². The Labute approximate surface area is 108 Å². The van der Waals surface area contributed by atoms with E-state index in [9.17, 15) is 4.79 Å².